The summed E-state index contributed by atoms with van der Waals surface area (Å²) in [5.74, 6) is -1.30. The van der Waals surface area contributed by atoms with E-state index in [1.807, 2.05) is 0 Å². The molecule has 1 N–H and O–H groups in total. The number of hydrogen-bond donors (Lipinski definition) is 1. The van der Waals surface area contributed by atoms with Gasteiger partial charge in [0.25, 0.3) is 0 Å². The number of aromatic carboxylic acids is 1. The monoisotopic (exact) mass is 251 g/mol. The number of benzene rings is 1. The number of hydrogen-bond acceptors (Lipinski definition) is 2. The molecule has 1 saturated heterocycles. The second-order valence-electron chi connectivity index (χ2n) is 5.15. The van der Waals surface area contributed by atoms with Gasteiger partial charge in [-0.25, -0.2) is 9.18 Å². The second-order valence-corrected chi connectivity index (χ2v) is 5.15. The number of piperidine rings is 1. The molecule has 1 aromatic rings. The van der Waals surface area contributed by atoms with E-state index in [0.29, 0.717) is 12.0 Å². The maximum atomic E-state index is 13.7. The number of nitrogens with zero attached hydrogens (tertiary/aromatic N) is 1. The minimum Gasteiger partial charge on any atom is -0.478 e. The highest BCUT2D eigenvalue weighted by Crippen LogP contribution is 2.28. The number of carboxylic acids is 1. The molecule has 18 heavy (non-hydrogen) atoms. The zero-order valence-electron chi connectivity index (χ0n) is 10.7. The highest BCUT2D eigenvalue weighted by Gasteiger charge is 2.24. The van der Waals surface area contributed by atoms with Crippen LogP contribution in [0, 0.1) is 11.7 Å². The maximum Gasteiger partial charge on any atom is 0.338 e. The van der Waals surface area contributed by atoms with E-state index < -0.39 is 11.8 Å². The van der Waals surface area contributed by atoms with Crippen LogP contribution in [0.2, 0.25) is 0 Å². The van der Waals surface area contributed by atoms with Gasteiger partial charge in [-0.3, -0.25) is 0 Å². The molecule has 0 aliphatic carbocycles. The van der Waals surface area contributed by atoms with E-state index in [9.17, 15) is 9.18 Å². The number of carboxylic acid groups (broad SMARTS) is 1. The van der Waals surface area contributed by atoms with E-state index in [0.717, 1.165) is 18.7 Å². The lowest BCUT2D eigenvalue weighted by atomic mass is 9.94. The molecule has 4 heteroatoms. The first kappa shape index (κ1) is 12.9. The number of anilines is 1. The van der Waals surface area contributed by atoms with Crippen LogP contribution in [0.4, 0.5) is 10.1 Å². The fourth-order valence-corrected chi connectivity index (χ4v) is 2.50. The molecule has 2 unspecified atom stereocenters. The van der Waals surface area contributed by atoms with E-state index in [2.05, 4.69) is 18.7 Å². The second kappa shape index (κ2) is 4.96. The Morgan fingerprint density at radius 3 is 2.72 bits per heavy atom. The third-order valence-electron chi connectivity index (χ3n) is 3.63. The maximum absolute atomic E-state index is 13.7. The summed E-state index contributed by atoms with van der Waals surface area (Å²) in [7, 11) is 0. The van der Waals surface area contributed by atoms with Crippen molar-refractivity contribution in [1.82, 2.24) is 0 Å². The Hall–Kier alpha value is -1.58. The summed E-state index contributed by atoms with van der Waals surface area (Å²) in [4.78, 5) is 12.9. The lowest BCUT2D eigenvalue weighted by Gasteiger charge is -2.38. The third kappa shape index (κ3) is 2.47. The first-order valence-corrected chi connectivity index (χ1v) is 6.28. The Kier molecular flexibility index (Phi) is 3.55. The van der Waals surface area contributed by atoms with Gasteiger partial charge in [-0.1, -0.05) is 6.92 Å². The largest absolute Gasteiger partial charge is 0.478 e. The third-order valence-corrected chi connectivity index (χ3v) is 3.63. The van der Waals surface area contributed by atoms with E-state index in [1.165, 1.54) is 18.6 Å². The molecule has 0 bridgehead atoms. The molecule has 0 amide bonds. The molecule has 1 heterocycles. The molecule has 0 aromatic heterocycles. The van der Waals surface area contributed by atoms with Gasteiger partial charge in [-0.2, -0.15) is 0 Å². The van der Waals surface area contributed by atoms with E-state index >= 15 is 0 Å². The number of rotatable bonds is 2. The number of carbonyl (C=O) groups is 1. The van der Waals surface area contributed by atoms with Crippen molar-refractivity contribution in [3.8, 4) is 0 Å². The van der Waals surface area contributed by atoms with Crippen molar-refractivity contribution in [2.75, 3.05) is 11.4 Å². The normalized spacial score (nSPS) is 24.1. The smallest absolute Gasteiger partial charge is 0.338 e. The summed E-state index contributed by atoms with van der Waals surface area (Å²) in [5.41, 5.74) is 0.507. The molecule has 2 rings (SSSR count). The van der Waals surface area contributed by atoms with Crippen LogP contribution in [0.1, 0.15) is 37.0 Å². The quantitative estimate of drug-likeness (QED) is 0.877. The molecule has 0 radical (unpaired) electrons. The average molecular weight is 251 g/mol. The Balaban J connectivity index is 2.28. The molecule has 1 aromatic carbocycles. The Labute approximate surface area is 106 Å². The fourth-order valence-electron chi connectivity index (χ4n) is 2.50. The van der Waals surface area contributed by atoms with E-state index in [-0.39, 0.29) is 5.56 Å². The molecule has 0 saturated carbocycles. The van der Waals surface area contributed by atoms with Crippen molar-refractivity contribution in [2.45, 2.75) is 32.7 Å². The Bertz CT molecular complexity index is 461. The lowest BCUT2D eigenvalue weighted by Crippen LogP contribution is -2.41. The predicted molar refractivity (Wildman–Crippen MR) is 68.6 cm³/mol. The zero-order valence-corrected chi connectivity index (χ0v) is 10.7. The Morgan fingerprint density at radius 1 is 1.39 bits per heavy atom. The number of halogens is 1. The van der Waals surface area contributed by atoms with Crippen LogP contribution in [0.3, 0.4) is 0 Å². The molecular weight excluding hydrogens is 233 g/mol. The standard InChI is InChI=1S/C14H18FNO2/c1-9-3-4-10(2)16(8-9)11-5-6-12(14(17)18)13(15)7-11/h5-7,9-10H,3-4,8H2,1-2H3,(H,17,18). The molecule has 1 aliphatic heterocycles. The summed E-state index contributed by atoms with van der Waals surface area (Å²) < 4.78 is 13.7. The topological polar surface area (TPSA) is 40.5 Å². The van der Waals surface area contributed by atoms with Gasteiger partial charge >= 0.3 is 5.97 Å². The summed E-state index contributed by atoms with van der Waals surface area (Å²) in [6, 6.07) is 4.74. The molecule has 1 aliphatic rings. The van der Waals surface area contributed by atoms with Gasteiger partial charge in [0.15, 0.2) is 0 Å². The average Bonchev–Trinajstić information content (AvgIpc) is 2.31. The fraction of sp³-hybridized carbons (Fsp3) is 0.500. The van der Waals surface area contributed by atoms with Gasteiger partial charge in [-0.05, 0) is 43.9 Å². The van der Waals surface area contributed by atoms with Crippen molar-refractivity contribution in [1.29, 1.82) is 0 Å². The highest BCUT2D eigenvalue weighted by atomic mass is 19.1. The molecular formula is C14H18FNO2. The van der Waals surface area contributed by atoms with Gasteiger partial charge in [0.05, 0.1) is 5.56 Å². The summed E-state index contributed by atoms with van der Waals surface area (Å²) in [6.45, 7) is 5.20. The van der Waals surface area contributed by atoms with Crippen LogP contribution in [-0.2, 0) is 0 Å². The van der Waals surface area contributed by atoms with Crippen LogP contribution in [0.15, 0.2) is 18.2 Å². The van der Waals surface area contributed by atoms with Crippen molar-refractivity contribution in [3.63, 3.8) is 0 Å². The molecule has 3 nitrogen and oxygen atoms in total. The van der Waals surface area contributed by atoms with E-state index in [1.54, 1.807) is 6.07 Å². The van der Waals surface area contributed by atoms with E-state index in [4.69, 9.17) is 5.11 Å². The van der Waals surface area contributed by atoms with Crippen molar-refractivity contribution >= 4 is 11.7 Å². The van der Waals surface area contributed by atoms with Crippen LogP contribution in [-0.4, -0.2) is 23.7 Å². The first-order chi connectivity index (χ1) is 8.49. The summed E-state index contributed by atoms with van der Waals surface area (Å²) in [6.07, 6.45) is 2.27. The molecule has 1 fully saturated rings. The van der Waals surface area contributed by atoms with Gasteiger partial charge in [0, 0.05) is 18.3 Å². The lowest BCUT2D eigenvalue weighted by molar-refractivity contribution is 0.0692. The van der Waals surface area contributed by atoms with Crippen molar-refractivity contribution < 1.29 is 14.3 Å². The van der Waals surface area contributed by atoms with Crippen LogP contribution >= 0.6 is 0 Å². The first-order valence-electron chi connectivity index (χ1n) is 6.28. The predicted octanol–water partition coefficient (Wildman–Crippen LogP) is 3.15. The van der Waals surface area contributed by atoms with Crippen LogP contribution in [0.25, 0.3) is 0 Å². The molecule has 0 spiro atoms. The highest BCUT2D eigenvalue weighted by molar-refractivity contribution is 5.88. The molecule has 2 atom stereocenters. The van der Waals surface area contributed by atoms with Crippen molar-refractivity contribution in [2.24, 2.45) is 5.92 Å². The minimum absolute atomic E-state index is 0.267. The van der Waals surface area contributed by atoms with Gasteiger partial charge in [0.2, 0.25) is 0 Å². The summed E-state index contributed by atoms with van der Waals surface area (Å²) >= 11 is 0. The van der Waals surface area contributed by atoms with Crippen LogP contribution in [0.5, 0.6) is 0 Å². The van der Waals surface area contributed by atoms with Crippen LogP contribution < -0.4 is 4.90 Å². The summed E-state index contributed by atoms with van der Waals surface area (Å²) in [5, 5.41) is 8.81. The SMILES string of the molecule is CC1CCC(C)N(c2ccc(C(=O)O)c(F)c2)C1. The molecule has 98 valence electrons. The minimum atomic E-state index is -1.22. The van der Waals surface area contributed by atoms with Crippen molar-refractivity contribution in [3.05, 3.63) is 29.6 Å². The van der Waals surface area contributed by atoms with Gasteiger partial charge < -0.3 is 10.0 Å². The Morgan fingerprint density at radius 2 is 2.11 bits per heavy atom. The zero-order chi connectivity index (χ0) is 13.3. The van der Waals surface area contributed by atoms with Gasteiger partial charge in [-0.15, -0.1) is 0 Å². The van der Waals surface area contributed by atoms with Gasteiger partial charge in [0.1, 0.15) is 5.82 Å².